The molecular formula is C30H27ClN2O4. The lowest BCUT2D eigenvalue weighted by molar-refractivity contribution is -0.138. The molecular weight excluding hydrogens is 488 g/mol. The number of rotatable bonds is 6. The molecule has 0 bridgehead atoms. The number of phenols is 1. The van der Waals surface area contributed by atoms with Gasteiger partial charge in [-0.25, -0.2) is 0 Å². The number of imide groups is 1. The van der Waals surface area contributed by atoms with Crippen molar-refractivity contribution in [2.24, 2.45) is 5.92 Å². The first kappa shape index (κ1) is 24.7. The summed E-state index contributed by atoms with van der Waals surface area (Å²) in [5, 5.41) is 11.6. The molecule has 5 rings (SSSR count). The highest BCUT2D eigenvalue weighted by Gasteiger charge is 2.65. The van der Waals surface area contributed by atoms with Crippen molar-refractivity contribution in [3.63, 3.8) is 0 Å². The summed E-state index contributed by atoms with van der Waals surface area (Å²) in [6.07, 6.45) is 4.04. The average Bonchev–Trinajstić information content (AvgIpc) is 3.13. The third kappa shape index (κ3) is 3.80. The van der Waals surface area contributed by atoms with Crippen LogP contribution in [0.2, 0.25) is 5.02 Å². The first-order valence-corrected chi connectivity index (χ1v) is 12.4. The number of amides is 2. The van der Waals surface area contributed by atoms with Gasteiger partial charge in [-0.15, -0.1) is 0 Å². The van der Waals surface area contributed by atoms with Crippen LogP contribution in [0.25, 0.3) is 0 Å². The van der Waals surface area contributed by atoms with Gasteiger partial charge in [-0.05, 0) is 54.3 Å². The summed E-state index contributed by atoms with van der Waals surface area (Å²) in [6.45, 7) is 5.98. The second-order valence-corrected chi connectivity index (χ2v) is 9.78. The maximum Gasteiger partial charge on any atom is 0.260 e. The summed E-state index contributed by atoms with van der Waals surface area (Å²) in [4.78, 5) is 28.5. The Morgan fingerprint density at radius 3 is 2.49 bits per heavy atom. The summed E-state index contributed by atoms with van der Waals surface area (Å²) in [6, 6.07) is 20.2. The fraction of sp³-hybridized carbons (Fsp3) is 0.200. The number of carbonyl (C=O) groups is 2. The number of allylic oxidation sites excluding steroid dienone is 3. The Bertz CT molecular complexity index is 1420. The molecule has 3 aromatic rings. The lowest BCUT2D eigenvalue weighted by atomic mass is 9.56. The van der Waals surface area contributed by atoms with Gasteiger partial charge in [0.05, 0.1) is 29.2 Å². The summed E-state index contributed by atoms with van der Waals surface area (Å²) in [5.74, 6) is -1.96. The second kappa shape index (κ2) is 9.45. The number of nitrogens with zero attached hydrogens (tertiary/aromatic N) is 1. The maximum absolute atomic E-state index is 14.6. The number of nitrogens with one attached hydrogen (secondary N) is 1. The standard InChI is InChI=1S/C30H27ClN2O4/c1-4-19-12-15-23-28(35)33(32-22-13-10-18(2)11-14-22)29(36)30(23,21-8-6-5-7-9-21)26(19)20-16-24(31)27(34)25(17-20)37-3/h4-14,16-17,23,26,32,34H,1,15H2,2-3H3. The number of ether oxygens (including phenoxy) is 1. The van der Waals surface area contributed by atoms with Crippen LogP contribution in [-0.4, -0.2) is 29.0 Å². The van der Waals surface area contributed by atoms with Crippen LogP contribution in [0.4, 0.5) is 5.69 Å². The first-order valence-electron chi connectivity index (χ1n) is 12.0. The quantitative estimate of drug-likeness (QED) is 0.400. The summed E-state index contributed by atoms with van der Waals surface area (Å²) in [5.41, 5.74) is 5.63. The molecule has 1 heterocycles. The molecule has 3 unspecified atom stereocenters. The van der Waals surface area contributed by atoms with E-state index in [1.165, 1.54) is 7.11 Å². The number of anilines is 1. The molecule has 188 valence electrons. The number of hydrogen-bond acceptors (Lipinski definition) is 5. The Labute approximate surface area is 220 Å². The number of halogens is 1. The van der Waals surface area contributed by atoms with E-state index in [0.29, 0.717) is 23.2 Å². The highest BCUT2D eigenvalue weighted by Crippen LogP contribution is 2.58. The minimum absolute atomic E-state index is 0.0921. The van der Waals surface area contributed by atoms with Crippen molar-refractivity contribution in [1.82, 2.24) is 5.01 Å². The highest BCUT2D eigenvalue weighted by molar-refractivity contribution is 6.32. The summed E-state index contributed by atoms with van der Waals surface area (Å²) >= 11 is 6.41. The number of carbonyl (C=O) groups excluding carboxylic acids is 2. The zero-order valence-corrected chi connectivity index (χ0v) is 21.3. The Morgan fingerprint density at radius 2 is 1.84 bits per heavy atom. The van der Waals surface area contributed by atoms with Crippen LogP contribution in [0.5, 0.6) is 11.5 Å². The van der Waals surface area contributed by atoms with Gasteiger partial charge in [0.25, 0.3) is 11.8 Å². The van der Waals surface area contributed by atoms with E-state index in [-0.39, 0.29) is 28.3 Å². The number of benzene rings is 3. The molecule has 7 heteroatoms. The highest BCUT2D eigenvalue weighted by atomic mass is 35.5. The smallest absolute Gasteiger partial charge is 0.260 e. The number of hydrogen-bond donors (Lipinski definition) is 2. The number of fused-ring (bicyclic) bond motifs is 1. The number of phenolic OH excluding ortho intramolecular Hbond substituents is 1. The Morgan fingerprint density at radius 1 is 1.14 bits per heavy atom. The predicted octanol–water partition coefficient (Wildman–Crippen LogP) is 5.91. The third-order valence-electron chi connectivity index (χ3n) is 7.39. The van der Waals surface area contributed by atoms with Gasteiger partial charge in [0, 0.05) is 5.92 Å². The molecule has 1 fully saturated rings. The Hall–Kier alpha value is -4.03. The normalized spacial score (nSPS) is 22.9. The van der Waals surface area contributed by atoms with Gasteiger partial charge in [-0.3, -0.25) is 15.0 Å². The molecule has 0 aromatic heterocycles. The molecule has 0 saturated carbocycles. The molecule has 3 aromatic carbocycles. The van der Waals surface area contributed by atoms with Crippen LogP contribution < -0.4 is 10.2 Å². The van der Waals surface area contributed by atoms with E-state index in [0.717, 1.165) is 16.1 Å². The van der Waals surface area contributed by atoms with E-state index >= 15 is 0 Å². The van der Waals surface area contributed by atoms with Crippen molar-refractivity contribution in [3.05, 3.63) is 113 Å². The van der Waals surface area contributed by atoms with Crippen molar-refractivity contribution in [1.29, 1.82) is 0 Å². The lowest BCUT2D eigenvalue weighted by Crippen LogP contribution is -2.48. The monoisotopic (exact) mass is 514 g/mol. The largest absolute Gasteiger partial charge is 0.503 e. The molecule has 2 aliphatic rings. The molecule has 2 N–H and O–H groups in total. The van der Waals surface area contributed by atoms with Gasteiger partial charge in [0.2, 0.25) is 0 Å². The molecule has 3 atom stereocenters. The minimum atomic E-state index is -1.28. The lowest BCUT2D eigenvalue weighted by Gasteiger charge is -2.43. The van der Waals surface area contributed by atoms with Gasteiger partial charge in [0.15, 0.2) is 11.5 Å². The molecule has 0 radical (unpaired) electrons. The zero-order valence-electron chi connectivity index (χ0n) is 20.6. The van der Waals surface area contributed by atoms with Crippen molar-refractivity contribution >= 4 is 29.1 Å². The van der Waals surface area contributed by atoms with Crippen molar-refractivity contribution in [2.75, 3.05) is 12.5 Å². The fourth-order valence-electron chi connectivity index (χ4n) is 5.67. The molecule has 2 amide bonds. The SMILES string of the molecule is C=CC1=CCC2C(=O)N(Nc3ccc(C)cc3)C(=O)C2(c2ccccc2)C1c1cc(Cl)c(O)c(OC)c1. The van der Waals surface area contributed by atoms with E-state index in [2.05, 4.69) is 12.0 Å². The van der Waals surface area contributed by atoms with Gasteiger partial charge in [-0.2, -0.15) is 5.01 Å². The van der Waals surface area contributed by atoms with Gasteiger partial charge < -0.3 is 9.84 Å². The number of hydrazine groups is 1. The zero-order chi connectivity index (χ0) is 26.3. The van der Waals surface area contributed by atoms with Gasteiger partial charge in [0.1, 0.15) is 0 Å². The van der Waals surface area contributed by atoms with E-state index in [4.69, 9.17) is 16.3 Å². The minimum Gasteiger partial charge on any atom is -0.503 e. The van der Waals surface area contributed by atoms with E-state index in [9.17, 15) is 14.7 Å². The number of aryl methyl sites for hydroxylation is 1. The number of aromatic hydroxyl groups is 1. The van der Waals surface area contributed by atoms with Crippen molar-refractivity contribution in [2.45, 2.75) is 24.7 Å². The van der Waals surface area contributed by atoms with Crippen LogP contribution in [0.15, 0.2) is 91.0 Å². The molecule has 0 spiro atoms. The molecule has 1 aliphatic carbocycles. The van der Waals surface area contributed by atoms with Crippen LogP contribution >= 0.6 is 11.6 Å². The number of methoxy groups -OCH3 is 1. The Balaban J connectivity index is 1.75. The molecule has 1 aliphatic heterocycles. The van der Waals surface area contributed by atoms with E-state index in [1.54, 1.807) is 18.2 Å². The van der Waals surface area contributed by atoms with Crippen molar-refractivity contribution < 1.29 is 19.4 Å². The fourth-order valence-corrected chi connectivity index (χ4v) is 5.89. The Kier molecular flexibility index (Phi) is 6.30. The molecule has 1 saturated heterocycles. The summed E-state index contributed by atoms with van der Waals surface area (Å²) < 4.78 is 5.38. The third-order valence-corrected chi connectivity index (χ3v) is 7.67. The van der Waals surface area contributed by atoms with Crippen LogP contribution in [0, 0.1) is 12.8 Å². The van der Waals surface area contributed by atoms with Gasteiger partial charge >= 0.3 is 0 Å². The second-order valence-electron chi connectivity index (χ2n) is 9.37. The van der Waals surface area contributed by atoms with E-state index in [1.807, 2.05) is 67.6 Å². The van der Waals surface area contributed by atoms with Crippen LogP contribution in [0.3, 0.4) is 0 Å². The van der Waals surface area contributed by atoms with Crippen molar-refractivity contribution in [3.8, 4) is 11.5 Å². The van der Waals surface area contributed by atoms with E-state index < -0.39 is 17.3 Å². The average molecular weight is 515 g/mol. The van der Waals surface area contributed by atoms with Gasteiger partial charge in [-0.1, -0.05) is 78.4 Å². The first-order chi connectivity index (χ1) is 17.8. The molecule has 6 nitrogen and oxygen atoms in total. The van der Waals surface area contributed by atoms with Crippen LogP contribution in [0.1, 0.15) is 29.0 Å². The topological polar surface area (TPSA) is 78.9 Å². The molecule has 37 heavy (non-hydrogen) atoms. The maximum atomic E-state index is 14.6. The van der Waals surface area contributed by atoms with Crippen LogP contribution in [-0.2, 0) is 15.0 Å². The summed E-state index contributed by atoms with van der Waals surface area (Å²) in [7, 11) is 1.44. The predicted molar refractivity (Wildman–Crippen MR) is 144 cm³/mol.